The van der Waals surface area contributed by atoms with Gasteiger partial charge in [0.1, 0.15) is 5.75 Å². The van der Waals surface area contributed by atoms with Gasteiger partial charge in [-0.15, -0.1) is 0 Å². The first-order chi connectivity index (χ1) is 13.0. The second kappa shape index (κ2) is 8.03. The average molecular weight is 375 g/mol. The molecule has 1 fully saturated rings. The maximum absolute atomic E-state index is 13.2. The average Bonchev–Trinajstić information content (AvgIpc) is 2.70. The van der Waals surface area contributed by atoms with Crippen LogP contribution in [-0.2, 0) is 9.59 Å². The maximum atomic E-state index is 13.2. The maximum Gasteiger partial charge on any atom is 0.313 e. The number of anilines is 2. The van der Waals surface area contributed by atoms with Gasteiger partial charge in [0, 0.05) is 37.9 Å². The summed E-state index contributed by atoms with van der Waals surface area (Å²) in [6.45, 7) is 1.82. The Bertz CT molecular complexity index is 852. The predicted octanol–water partition coefficient (Wildman–Crippen LogP) is 2.26. The highest BCUT2D eigenvalue weighted by Crippen LogP contribution is 2.28. The molecule has 2 aromatic carbocycles. The number of hydrogen-bond donors (Lipinski definition) is 1. The molecule has 142 valence electrons. The van der Waals surface area contributed by atoms with Crippen molar-refractivity contribution in [2.24, 2.45) is 0 Å². The zero-order valence-corrected chi connectivity index (χ0v) is 14.7. The van der Waals surface area contributed by atoms with Crippen LogP contribution in [0.2, 0.25) is 0 Å². The Hall–Kier alpha value is -3.16. The van der Waals surface area contributed by atoms with Crippen molar-refractivity contribution in [3.05, 3.63) is 54.1 Å². The molecule has 0 saturated carbocycles. The van der Waals surface area contributed by atoms with Gasteiger partial charge in [-0.2, -0.15) is 0 Å². The summed E-state index contributed by atoms with van der Waals surface area (Å²) in [6.07, 6.45) is 0. The zero-order valence-electron chi connectivity index (χ0n) is 14.7. The minimum Gasteiger partial charge on any atom is -0.495 e. The van der Waals surface area contributed by atoms with E-state index in [9.17, 15) is 18.4 Å². The third kappa shape index (κ3) is 4.16. The molecule has 1 aliphatic rings. The summed E-state index contributed by atoms with van der Waals surface area (Å²) < 4.78 is 31.5. The van der Waals surface area contributed by atoms with Crippen LogP contribution in [0.15, 0.2) is 42.5 Å². The number of hydrogen-bond acceptors (Lipinski definition) is 4. The summed E-state index contributed by atoms with van der Waals surface area (Å²) in [6, 6.07) is 10.5. The van der Waals surface area contributed by atoms with Crippen LogP contribution in [0.25, 0.3) is 0 Å². The fourth-order valence-corrected chi connectivity index (χ4v) is 2.94. The number of para-hydroxylation sites is 2. The molecular formula is C19H19F2N3O3. The molecule has 0 radical (unpaired) electrons. The van der Waals surface area contributed by atoms with Crippen molar-refractivity contribution in [2.75, 3.05) is 43.5 Å². The molecule has 2 aromatic rings. The number of halogens is 2. The standard InChI is InChI=1S/C19H19F2N3O3/c1-27-17-5-3-2-4-16(17)23-8-10-24(11-9-23)19(26)18(25)22-13-6-7-14(20)15(21)12-13/h2-7,12H,8-11H2,1H3,(H,22,25). The first-order valence-corrected chi connectivity index (χ1v) is 8.43. The Morgan fingerprint density at radius 2 is 1.70 bits per heavy atom. The van der Waals surface area contributed by atoms with Crippen LogP contribution in [0, 0.1) is 11.6 Å². The minimum absolute atomic E-state index is 0.0277. The van der Waals surface area contributed by atoms with Gasteiger partial charge >= 0.3 is 11.8 Å². The molecule has 0 aromatic heterocycles. The summed E-state index contributed by atoms with van der Waals surface area (Å²) in [5, 5.41) is 2.30. The molecule has 1 N–H and O–H groups in total. The van der Waals surface area contributed by atoms with Gasteiger partial charge in [0.05, 0.1) is 12.8 Å². The number of nitrogens with one attached hydrogen (secondary N) is 1. The molecular weight excluding hydrogens is 356 g/mol. The van der Waals surface area contributed by atoms with Crippen molar-refractivity contribution in [3.8, 4) is 5.75 Å². The number of carbonyl (C=O) groups excluding carboxylic acids is 2. The molecule has 1 aliphatic heterocycles. The SMILES string of the molecule is COc1ccccc1N1CCN(C(=O)C(=O)Nc2ccc(F)c(F)c2)CC1. The van der Waals surface area contributed by atoms with E-state index >= 15 is 0 Å². The van der Waals surface area contributed by atoms with Crippen LogP contribution in [0.3, 0.4) is 0 Å². The lowest BCUT2D eigenvalue weighted by molar-refractivity contribution is -0.143. The summed E-state index contributed by atoms with van der Waals surface area (Å²) in [4.78, 5) is 27.9. The van der Waals surface area contributed by atoms with E-state index in [-0.39, 0.29) is 5.69 Å². The first kappa shape index (κ1) is 18.6. The van der Waals surface area contributed by atoms with Crippen LogP contribution < -0.4 is 15.0 Å². The lowest BCUT2D eigenvalue weighted by atomic mass is 10.2. The van der Waals surface area contributed by atoms with Gasteiger partial charge in [-0.3, -0.25) is 9.59 Å². The van der Waals surface area contributed by atoms with Crippen LogP contribution in [0.5, 0.6) is 5.75 Å². The van der Waals surface area contributed by atoms with E-state index in [4.69, 9.17) is 4.74 Å². The van der Waals surface area contributed by atoms with Gasteiger partial charge in [0.25, 0.3) is 0 Å². The topological polar surface area (TPSA) is 61.9 Å². The van der Waals surface area contributed by atoms with Crippen molar-refractivity contribution in [3.63, 3.8) is 0 Å². The summed E-state index contributed by atoms with van der Waals surface area (Å²) in [5.41, 5.74) is 0.957. The van der Waals surface area contributed by atoms with Crippen molar-refractivity contribution in [1.29, 1.82) is 0 Å². The van der Waals surface area contributed by atoms with E-state index in [1.54, 1.807) is 7.11 Å². The molecule has 8 heteroatoms. The molecule has 0 unspecified atom stereocenters. The van der Waals surface area contributed by atoms with Gasteiger partial charge in [-0.05, 0) is 24.3 Å². The Balaban J connectivity index is 1.59. The highest BCUT2D eigenvalue weighted by molar-refractivity contribution is 6.39. The van der Waals surface area contributed by atoms with Crippen molar-refractivity contribution in [2.45, 2.75) is 0 Å². The van der Waals surface area contributed by atoms with E-state index < -0.39 is 23.4 Å². The lowest BCUT2D eigenvalue weighted by Crippen LogP contribution is -2.51. The number of amides is 2. The third-order valence-corrected chi connectivity index (χ3v) is 4.36. The van der Waals surface area contributed by atoms with Gasteiger partial charge in [-0.25, -0.2) is 8.78 Å². The van der Waals surface area contributed by atoms with Crippen LogP contribution in [0.4, 0.5) is 20.2 Å². The van der Waals surface area contributed by atoms with Gasteiger partial charge < -0.3 is 19.9 Å². The normalized spacial score (nSPS) is 14.0. The van der Waals surface area contributed by atoms with Crippen molar-refractivity contribution >= 4 is 23.2 Å². The summed E-state index contributed by atoms with van der Waals surface area (Å²) in [7, 11) is 1.60. The zero-order chi connectivity index (χ0) is 19.4. The fourth-order valence-electron chi connectivity index (χ4n) is 2.94. The summed E-state index contributed by atoms with van der Waals surface area (Å²) >= 11 is 0. The molecule has 2 amide bonds. The smallest absolute Gasteiger partial charge is 0.313 e. The van der Waals surface area contributed by atoms with Gasteiger partial charge in [0.15, 0.2) is 11.6 Å². The number of carbonyl (C=O) groups is 2. The number of piperazine rings is 1. The third-order valence-electron chi connectivity index (χ3n) is 4.36. The number of nitrogens with zero attached hydrogens (tertiary/aromatic N) is 2. The number of benzene rings is 2. The molecule has 1 heterocycles. The largest absolute Gasteiger partial charge is 0.495 e. The van der Waals surface area contributed by atoms with Crippen LogP contribution in [0.1, 0.15) is 0 Å². The van der Waals surface area contributed by atoms with Crippen LogP contribution in [-0.4, -0.2) is 50.0 Å². The van der Waals surface area contributed by atoms with E-state index in [2.05, 4.69) is 10.2 Å². The Kier molecular flexibility index (Phi) is 5.54. The Morgan fingerprint density at radius 3 is 2.37 bits per heavy atom. The van der Waals surface area contributed by atoms with E-state index in [1.165, 1.54) is 11.0 Å². The molecule has 0 bridgehead atoms. The molecule has 6 nitrogen and oxygen atoms in total. The highest BCUT2D eigenvalue weighted by Gasteiger charge is 2.27. The summed E-state index contributed by atoms with van der Waals surface area (Å²) in [5.74, 6) is -2.96. The molecule has 0 aliphatic carbocycles. The lowest BCUT2D eigenvalue weighted by Gasteiger charge is -2.36. The Labute approximate surface area is 155 Å². The van der Waals surface area contributed by atoms with E-state index in [0.717, 1.165) is 23.6 Å². The fraction of sp³-hybridized carbons (Fsp3) is 0.263. The van der Waals surface area contributed by atoms with Gasteiger partial charge in [0.2, 0.25) is 0 Å². The molecule has 1 saturated heterocycles. The monoisotopic (exact) mass is 375 g/mol. The molecule has 3 rings (SSSR count). The molecule has 0 atom stereocenters. The first-order valence-electron chi connectivity index (χ1n) is 8.43. The van der Waals surface area contributed by atoms with E-state index in [0.29, 0.717) is 26.2 Å². The highest BCUT2D eigenvalue weighted by atomic mass is 19.2. The van der Waals surface area contributed by atoms with E-state index in [1.807, 2.05) is 24.3 Å². The van der Waals surface area contributed by atoms with Crippen molar-refractivity contribution < 1.29 is 23.1 Å². The Morgan fingerprint density at radius 1 is 1.00 bits per heavy atom. The molecule has 27 heavy (non-hydrogen) atoms. The second-order valence-electron chi connectivity index (χ2n) is 6.03. The van der Waals surface area contributed by atoms with Crippen LogP contribution >= 0.6 is 0 Å². The quantitative estimate of drug-likeness (QED) is 0.836. The van der Waals surface area contributed by atoms with Crippen molar-refractivity contribution in [1.82, 2.24) is 4.90 Å². The molecule has 0 spiro atoms. The minimum atomic E-state index is -1.09. The number of methoxy groups -OCH3 is 1. The number of ether oxygens (including phenoxy) is 1. The second-order valence-corrected chi connectivity index (χ2v) is 6.03. The predicted molar refractivity (Wildman–Crippen MR) is 96.8 cm³/mol. The number of rotatable bonds is 3. The van der Waals surface area contributed by atoms with Gasteiger partial charge in [-0.1, -0.05) is 12.1 Å².